The molecule has 0 bridgehead atoms. The topological polar surface area (TPSA) is 64.4 Å². The summed E-state index contributed by atoms with van der Waals surface area (Å²) in [7, 11) is 1.47. The molecule has 0 saturated heterocycles. The predicted molar refractivity (Wildman–Crippen MR) is 76.9 cm³/mol. The highest BCUT2D eigenvalue weighted by Crippen LogP contribution is 2.27. The third kappa shape index (κ3) is 3.70. The lowest BCUT2D eigenvalue weighted by Gasteiger charge is -2.22. The van der Waals surface area contributed by atoms with Crippen molar-refractivity contribution in [3.8, 4) is 5.75 Å². The number of benzene rings is 1. The van der Waals surface area contributed by atoms with Gasteiger partial charge in [-0.25, -0.2) is 4.39 Å². The van der Waals surface area contributed by atoms with E-state index in [1.165, 1.54) is 13.2 Å². The van der Waals surface area contributed by atoms with Gasteiger partial charge in [-0.05, 0) is 25.0 Å². The second-order valence-electron chi connectivity index (χ2n) is 5.00. The zero-order valence-corrected chi connectivity index (χ0v) is 12.4. The van der Waals surface area contributed by atoms with Crippen LogP contribution in [0.5, 0.6) is 5.75 Å². The summed E-state index contributed by atoms with van der Waals surface area (Å²) < 4.78 is 19.0. The van der Waals surface area contributed by atoms with Gasteiger partial charge in [-0.2, -0.15) is 0 Å². The van der Waals surface area contributed by atoms with Crippen LogP contribution in [-0.2, 0) is 4.79 Å². The van der Waals surface area contributed by atoms with Gasteiger partial charge < -0.3 is 15.8 Å². The minimum Gasteiger partial charge on any atom is -0.496 e. The number of carbonyl (C=O) groups is 1. The molecule has 1 aromatic rings. The summed E-state index contributed by atoms with van der Waals surface area (Å²) in [5, 5.41) is 2.74. The Balaban J connectivity index is 2.86. The van der Waals surface area contributed by atoms with Crippen molar-refractivity contribution in [1.82, 2.24) is 5.32 Å². The molecule has 1 aromatic carbocycles. The first-order valence-electron chi connectivity index (χ1n) is 6.80. The van der Waals surface area contributed by atoms with E-state index in [4.69, 9.17) is 10.5 Å². The van der Waals surface area contributed by atoms with Crippen LogP contribution in [0.25, 0.3) is 0 Å². The average molecular weight is 282 g/mol. The molecule has 1 amide bonds. The van der Waals surface area contributed by atoms with Crippen LogP contribution in [0, 0.1) is 11.7 Å². The summed E-state index contributed by atoms with van der Waals surface area (Å²) in [6.07, 6.45) is 0.811. The predicted octanol–water partition coefficient (Wildman–Crippen LogP) is 2.38. The number of halogens is 1. The quantitative estimate of drug-likeness (QED) is 0.842. The van der Waals surface area contributed by atoms with Crippen LogP contribution < -0.4 is 15.8 Å². The van der Waals surface area contributed by atoms with Crippen molar-refractivity contribution in [3.05, 3.63) is 29.6 Å². The molecular formula is C15H23FN2O2. The number of hydrogen-bond acceptors (Lipinski definition) is 3. The van der Waals surface area contributed by atoms with Crippen LogP contribution in [0.15, 0.2) is 18.2 Å². The van der Waals surface area contributed by atoms with Crippen molar-refractivity contribution in [2.45, 2.75) is 39.3 Å². The lowest BCUT2D eigenvalue weighted by Crippen LogP contribution is -2.45. The minimum absolute atomic E-state index is 0.0738. The standard InChI is InChI=1S/C15H23FN2O2/c1-5-9(2)14(17)15(19)18-10(3)13-11(16)7-6-8-12(13)20-4/h6-10,14H,5,17H2,1-4H3,(H,18,19). The van der Waals surface area contributed by atoms with Crippen LogP contribution in [0.1, 0.15) is 38.8 Å². The molecule has 0 aliphatic rings. The summed E-state index contributed by atoms with van der Waals surface area (Å²) in [4.78, 5) is 12.0. The molecule has 3 N–H and O–H groups in total. The first-order chi connectivity index (χ1) is 9.42. The monoisotopic (exact) mass is 282 g/mol. The Morgan fingerprint density at radius 3 is 2.65 bits per heavy atom. The molecule has 4 nitrogen and oxygen atoms in total. The molecule has 0 heterocycles. The Morgan fingerprint density at radius 1 is 1.45 bits per heavy atom. The second-order valence-corrected chi connectivity index (χ2v) is 5.00. The van der Waals surface area contributed by atoms with E-state index in [2.05, 4.69) is 5.32 Å². The fraction of sp³-hybridized carbons (Fsp3) is 0.533. The lowest BCUT2D eigenvalue weighted by atomic mass is 9.98. The first-order valence-corrected chi connectivity index (χ1v) is 6.80. The van der Waals surface area contributed by atoms with Crippen molar-refractivity contribution in [1.29, 1.82) is 0 Å². The largest absolute Gasteiger partial charge is 0.496 e. The summed E-state index contributed by atoms with van der Waals surface area (Å²) in [6, 6.07) is 3.47. The second kappa shape index (κ2) is 7.24. The first kappa shape index (κ1) is 16.4. The summed E-state index contributed by atoms with van der Waals surface area (Å²) >= 11 is 0. The van der Waals surface area contributed by atoms with Crippen LogP contribution in [-0.4, -0.2) is 19.1 Å². The summed E-state index contributed by atoms with van der Waals surface area (Å²) in [5.74, 6) is -0.203. The highest BCUT2D eigenvalue weighted by atomic mass is 19.1. The van der Waals surface area contributed by atoms with E-state index in [0.717, 1.165) is 6.42 Å². The minimum atomic E-state index is -0.597. The van der Waals surface area contributed by atoms with Crippen LogP contribution in [0.2, 0.25) is 0 Å². The van der Waals surface area contributed by atoms with Gasteiger partial charge in [0.25, 0.3) is 0 Å². The molecular weight excluding hydrogens is 259 g/mol. The van der Waals surface area contributed by atoms with Gasteiger partial charge in [-0.15, -0.1) is 0 Å². The van der Waals surface area contributed by atoms with E-state index in [0.29, 0.717) is 11.3 Å². The van der Waals surface area contributed by atoms with E-state index in [1.807, 2.05) is 13.8 Å². The molecule has 0 spiro atoms. The molecule has 0 saturated carbocycles. The molecule has 112 valence electrons. The molecule has 3 unspecified atom stereocenters. The van der Waals surface area contributed by atoms with Crippen LogP contribution >= 0.6 is 0 Å². The van der Waals surface area contributed by atoms with Crippen LogP contribution in [0.3, 0.4) is 0 Å². The van der Waals surface area contributed by atoms with Crippen molar-refractivity contribution in [2.24, 2.45) is 11.7 Å². The van der Waals surface area contributed by atoms with E-state index < -0.39 is 17.9 Å². The fourth-order valence-corrected chi connectivity index (χ4v) is 2.01. The van der Waals surface area contributed by atoms with Gasteiger partial charge in [0.1, 0.15) is 11.6 Å². The number of nitrogens with one attached hydrogen (secondary N) is 1. The number of methoxy groups -OCH3 is 1. The Hall–Kier alpha value is -1.62. The molecule has 1 rings (SSSR count). The van der Waals surface area contributed by atoms with Gasteiger partial charge in [0.05, 0.1) is 24.8 Å². The number of hydrogen-bond donors (Lipinski definition) is 2. The van der Waals surface area contributed by atoms with Crippen molar-refractivity contribution in [2.75, 3.05) is 7.11 Å². The molecule has 0 aliphatic heterocycles. The number of amides is 1. The van der Waals surface area contributed by atoms with E-state index in [-0.39, 0.29) is 11.8 Å². The Morgan fingerprint density at radius 2 is 2.10 bits per heavy atom. The van der Waals surface area contributed by atoms with Gasteiger partial charge in [-0.3, -0.25) is 4.79 Å². The number of rotatable bonds is 6. The third-order valence-corrected chi connectivity index (χ3v) is 3.58. The fourth-order valence-electron chi connectivity index (χ4n) is 2.01. The third-order valence-electron chi connectivity index (χ3n) is 3.58. The highest BCUT2D eigenvalue weighted by Gasteiger charge is 2.23. The maximum atomic E-state index is 13.9. The van der Waals surface area contributed by atoms with Crippen molar-refractivity contribution in [3.63, 3.8) is 0 Å². The van der Waals surface area contributed by atoms with Crippen molar-refractivity contribution >= 4 is 5.91 Å². The molecule has 5 heteroatoms. The molecule has 0 aliphatic carbocycles. The van der Waals surface area contributed by atoms with E-state index >= 15 is 0 Å². The summed E-state index contributed by atoms with van der Waals surface area (Å²) in [6.45, 7) is 5.60. The summed E-state index contributed by atoms with van der Waals surface area (Å²) in [5.41, 5.74) is 6.20. The maximum Gasteiger partial charge on any atom is 0.237 e. The van der Waals surface area contributed by atoms with Gasteiger partial charge in [-0.1, -0.05) is 26.3 Å². The normalized spacial score (nSPS) is 15.3. The number of nitrogens with two attached hydrogens (primary N) is 1. The molecule has 0 fully saturated rings. The molecule has 0 radical (unpaired) electrons. The highest BCUT2D eigenvalue weighted by molar-refractivity contribution is 5.82. The van der Waals surface area contributed by atoms with Crippen LogP contribution in [0.4, 0.5) is 4.39 Å². The Bertz CT molecular complexity index is 465. The number of carbonyl (C=O) groups excluding carboxylic acids is 1. The average Bonchev–Trinajstić information content (AvgIpc) is 2.44. The van der Waals surface area contributed by atoms with Gasteiger partial charge in [0.15, 0.2) is 0 Å². The molecule has 0 aromatic heterocycles. The van der Waals surface area contributed by atoms with E-state index in [9.17, 15) is 9.18 Å². The Labute approximate surface area is 119 Å². The number of ether oxygens (including phenoxy) is 1. The molecule has 3 atom stereocenters. The SMILES string of the molecule is CCC(C)C(N)C(=O)NC(C)c1c(F)cccc1OC. The van der Waals surface area contributed by atoms with E-state index in [1.54, 1.807) is 19.1 Å². The van der Waals surface area contributed by atoms with Crippen molar-refractivity contribution < 1.29 is 13.9 Å². The zero-order valence-electron chi connectivity index (χ0n) is 12.4. The molecule has 20 heavy (non-hydrogen) atoms. The lowest BCUT2D eigenvalue weighted by molar-refractivity contribution is -0.124. The zero-order chi connectivity index (χ0) is 15.3. The van der Waals surface area contributed by atoms with Gasteiger partial charge in [0, 0.05) is 0 Å². The van der Waals surface area contributed by atoms with Gasteiger partial charge in [0.2, 0.25) is 5.91 Å². The van der Waals surface area contributed by atoms with Gasteiger partial charge >= 0.3 is 0 Å². The Kier molecular flexibility index (Phi) is 5.95. The smallest absolute Gasteiger partial charge is 0.237 e. The maximum absolute atomic E-state index is 13.9.